The van der Waals surface area contributed by atoms with Crippen LogP contribution in [0.1, 0.15) is 71.1 Å². The Morgan fingerprint density at radius 3 is 2.21 bits per heavy atom. The first kappa shape index (κ1) is 14.8. The fourth-order valence-electron chi connectivity index (χ4n) is 3.62. The van der Waals surface area contributed by atoms with Crippen molar-refractivity contribution in [1.82, 2.24) is 5.32 Å². The third-order valence-corrected chi connectivity index (χ3v) is 4.68. The van der Waals surface area contributed by atoms with E-state index in [9.17, 15) is 4.79 Å². The van der Waals surface area contributed by atoms with E-state index >= 15 is 0 Å². The van der Waals surface area contributed by atoms with Gasteiger partial charge in [0, 0.05) is 6.04 Å². The Hall–Kier alpha value is -0.570. The molecule has 0 aromatic rings. The Labute approximate surface area is 117 Å². The van der Waals surface area contributed by atoms with Gasteiger partial charge in [0.25, 0.3) is 0 Å². The van der Waals surface area contributed by atoms with Gasteiger partial charge in [-0.1, -0.05) is 38.5 Å². The van der Waals surface area contributed by atoms with Gasteiger partial charge in [-0.15, -0.1) is 0 Å². The van der Waals surface area contributed by atoms with Crippen LogP contribution in [0.3, 0.4) is 0 Å². The van der Waals surface area contributed by atoms with Crippen LogP contribution >= 0.6 is 0 Å². The predicted molar refractivity (Wildman–Crippen MR) is 77.0 cm³/mol. The Balaban J connectivity index is 1.93. The number of carbonyl (C=O) groups is 1. The molecule has 3 nitrogen and oxygen atoms in total. The van der Waals surface area contributed by atoms with Crippen LogP contribution < -0.4 is 5.32 Å². The maximum Gasteiger partial charge on any atom is 0.323 e. The smallest absolute Gasteiger partial charge is 0.323 e. The van der Waals surface area contributed by atoms with Gasteiger partial charge in [-0.25, -0.2) is 0 Å². The van der Waals surface area contributed by atoms with Crippen LogP contribution in [-0.4, -0.2) is 24.7 Å². The quantitative estimate of drug-likeness (QED) is 0.776. The molecule has 0 aliphatic heterocycles. The molecule has 2 fully saturated rings. The highest BCUT2D eigenvalue weighted by Crippen LogP contribution is 2.28. The van der Waals surface area contributed by atoms with Gasteiger partial charge in [0.1, 0.15) is 6.04 Å². The van der Waals surface area contributed by atoms with Crippen molar-refractivity contribution in [2.45, 2.75) is 83.2 Å². The first-order chi connectivity index (χ1) is 9.31. The Bertz CT molecular complexity index is 268. The minimum absolute atomic E-state index is 0.0139. The molecule has 110 valence electrons. The van der Waals surface area contributed by atoms with E-state index in [2.05, 4.69) is 5.32 Å². The highest BCUT2D eigenvalue weighted by Gasteiger charge is 2.32. The fraction of sp³-hybridized carbons (Fsp3) is 0.938. The van der Waals surface area contributed by atoms with E-state index in [0.29, 0.717) is 18.6 Å². The standard InChI is InChI=1S/C16H29NO2/c1-2-19-16(18)15(13-9-5-3-6-10-13)17-14-11-7-4-8-12-14/h13-15,17H,2-12H2,1H3. The topological polar surface area (TPSA) is 38.3 Å². The first-order valence-corrected chi connectivity index (χ1v) is 8.24. The van der Waals surface area contributed by atoms with Crippen molar-refractivity contribution < 1.29 is 9.53 Å². The first-order valence-electron chi connectivity index (χ1n) is 8.24. The van der Waals surface area contributed by atoms with Crippen LogP contribution in [0.5, 0.6) is 0 Å². The van der Waals surface area contributed by atoms with E-state index in [1.165, 1.54) is 64.2 Å². The molecule has 1 N–H and O–H groups in total. The number of carbonyl (C=O) groups excluding carboxylic acids is 1. The third kappa shape index (κ3) is 4.48. The summed E-state index contributed by atoms with van der Waals surface area (Å²) in [5, 5.41) is 3.64. The minimum Gasteiger partial charge on any atom is -0.465 e. The van der Waals surface area contributed by atoms with Crippen molar-refractivity contribution in [3.05, 3.63) is 0 Å². The minimum atomic E-state index is -0.0525. The Morgan fingerprint density at radius 2 is 1.63 bits per heavy atom. The monoisotopic (exact) mass is 267 g/mol. The lowest BCUT2D eigenvalue weighted by molar-refractivity contribution is -0.148. The molecule has 0 bridgehead atoms. The lowest BCUT2D eigenvalue weighted by Crippen LogP contribution is -2.49. The van der Waals surface area contributed by atoms with Gasteiger partial charge >= 0.3 is 5.97 Å². The van der Waals surface area contributed by atoms with Crippen LogP contribution in [0.15, 0.2) is 0 Å². The van der Waals surface area contributed by atoms with E-state index in [1.807, 2.05) is 6.92 Å². The number of esters is 1. The molecule has 1 atom stereocenters. The van der Waals surface area contributed by atoms with Crippen molar-refractivity contribution >= 4 is 5.97 Å². The average Bonchev–Trinajstić information content (AvgIpc) is 2.47. The second-order valence-corrected chi connectivity index (χ2v) is 6.13. The van der Waals surface area contributed by atoms with Crippen LogP contribution in [0.25, 0.3) is 0 Å². The SMILES string of the molecule is CCOC(=O)C(NC1CCCCC1)C1CCCCC1. The molecule has 0 radical (unpaired) electrons. The van der Waals surface area contributed by atoms with Gasteiger partial charge in [-0.2, -0.15) is 0 Å². The molecule has 19 heavy (non-hydrogen) atoms. The van der Waals surface area contributed by atoms with Gasteiger partial charge in [0.2, 0.25) is 0 Å². The van der Waals surface area contributed by atoms with Crippen LogP contribution in [-0.2, 0) is 9.53 Å². The van der Waals surface area contributed by atoms with Crippen LogP contribution in [0.2, 0.25) is 0 Å². The summed E-state index contributed by atoms with van der Waals surface area (Å²) in [4.78, 5) is 12.2. The summed E-state index contributed by atoms with van der Waals surface area (Å²) < 4.78 is 5.30. The molecule has 2 aliphatic rings. The molecule has 0 spiro atoms. The number of rotatable bonds is 5. The van der Waals surface area contributed by atoms with Crippen molar-refractivity contribution in [2.75, 3.05) is 6.61 Å². The molecule has 0 aromatic heterocycles. The molecule has 0 amide bonds. The summed E-state index contributed by atoms with van der Waals surface area (Å²) in [5.41, 5.74) is 0. The number of hydrogen-bond donors (Lipinski definition) is 1. The molecular weight excluding hydrogens is 238 g/mol. The van der Waals surface area contributed by atoms with Crippen molar-refractivity contribution in [3.63, 3.8) is 0 Å². The highest BCUT2D eigenvalue weighted by molar-refractivity contribution is 5.76. The summed E-state index contributed by atoms with van der Waals surface area (Å²) in [5.74, 6) is 0.481. The van der Waals surface area contributed by atoms with Gasteiger partial charge in [0.15, 0.2) is 0 Å². The maximum absolute atomic E-state index is 12.2. The third-order valence-electron chi connectivity index (χ3n) is 4.68. The number of ether oxygens (including phenoxy) is 1. The molecule has 2 rings (SSSR count). The lowest BCUT2D eigenvalue weighted by Gasteiger charge is -2.33. The van der Waals surface area contributed by atoms with E-state index in [1.54, 1.807) is 0 Å². The molecule has 0 saturated heterocycles. The summed E-state index contributed by atoms with van der Waals surface area (Å²) in [6.45, 7) is 2.39. The van der Waals surface area contributed by atoms with Gasteiger partial charge in [-0.05, 0) is 38.5 Å². The summed E-state index contributed by atoms with van der Waals surface area (Å²) in [6.07, 6.45) is 12.6. The zero-order chi connectivity index (χ0) is 13.5. The van der Waals surface area contributed by atoms with E-state index < -0.39 is 0 Å². The van der Waals surface area contributed by atoms with Gasteiger partial charge < -0.3 is 10.1 Å². The maximum atomic E-state index is 12.2. The van der Waals surface area contributed by atoms with Gasteiger partial charge in [0.05, 0.1) is 6.61 Å². The van der Waals surface area contributed by atoms with E-state index in [0.717, 1.165) is 0 Å². The fourth-order valence-corrected chi connectivity index (χ4v) is 3.62. The summed E-state index contributed by atoms with van der Waals surface area (Å²) in [6, 6.07) is 0.480. The van der Waals surface area contributed by atoms with Crippen LogP contribution in [0.4, 0.5) is 0 Å². The summed E-state index contributed by atoms with van der Waals surface area (Å²) in [7, 11) is 0. The molecular formula is C16H29NO2. The second-order valence-electron chi connectivity index (χ2n) is 6.13. The Morgan fingerprint density at radius 1 is 1.05 bits per heavy atom. The van der Waals surface area contributed by atoms with E-state index in [-0.39, 0.29) is 12.0 Å². The van der Waals surface area contributed by atoms with Crippen LogP contribution in [0, 0.1) is 5.92 Å². The molecule has 3 heteroatoms. The van der Waals surface area contributed by atoms with E-state index in [4.69, 9.17) is 4.74 Å². The number of nitrogens with one attached hydrogen (secondary N) is 1. The van der Waals surface area contributed by atoms with Crippen molar-refractivity contribution in [3.8, 4) is 0 Å². The second kappa shape index (κ2) is 7.88. The molecule has 2 saturated carbocycles. The molecule has 2 aliphatic carbocycles. The number of hydrogen-bond acceptors (Lipinski definition) is 3. The zero-order valence-corrected chi connectivity index (χ0v) is 12.3. The van der Waals surface area contributed by atoms with Crippen molar-refractivity contribution in [2.24, 2.45) is 5.92 Å². The summed E-state index contributed by atoms with van der Waals surface area (Å²) >= 11 is 0. The molecule has 0 aromatic carbocycles. The normalized spacial score (nSPS) is 24.1. The Kier molecular flexibility index (Phi) is 6.15. The van der Waals surface area contributed by atoms with Gasteiger partial charge in [-0.3, -0.25) is 4.79 Å². The van der Waals surface area contributed by atoms with Crippen molar-refractivity contribution in [1.29, 1.82) is 0 Å². The predicted octanol–water partition coefficient (Wildman–Crippen LogP) is 3.42. The average molecular weight is 267 g/mol. The highest BCUT2D eigenvalue weighted by atomic mass is 16.5. The lowest BCUT2D eigenvalue weighted by atomic mass is 9.83. The largest absolute Gasteiger partial charge is 0.465 e. The molecule has 1 unspecified atom stereocenters. The molecule has 0 heterocycles. The zero-order valence-electron chi connectivity index (χ0n) is 12.3.